The van der Waals surface area contributed by atoms with Gasteiger partial charge in [-0.25, -0.2) is 4.79 Å². The van der Waals surface area contributed by atoms with Crippen LogP contribution in [0.2, 0.25) is 0 Å². The number of allylic oxidation sites excluding steroid dienone is 1. The van der Waals surface area contributed by atoms with Crippen molar-refractivity contribution in [1.29, 1.82) is 0 Å². The minimum absolute atomic E-state index is 0.433. The minimum atomic E-state index is -4.92. The molecule has 2 nitrogen and oxygen atoms in total. The summed E-state index contributed by atoms with van der Waals surface area (Å²) in [7, 11) is 0. The molecule has 0 aliphatic rings. The van der Waals surface area contributed by atoms with Gasteiger partial charge in [0, 0.05) is 6.08 Å². The molecule has 0 bridgehead atoms. The first-order chi connectivity index (χ1) is 6.02. The van der Waals surface area contributed by atoms with Crippen LogP contribution in [-0.2, 0) is 9.53 Å². The smallest absolute Gasteiger partial charge is 0.370 e. The topological polar surface area (TPSA) is 26.3 Å². The third-order valence-corrected chi connectivity index (χ3v) is 3.55. The number of carbonyl (C=O) groups is 1. The summed E-state index contributed by atoms with van der Waals surface area (Å²) in [4.78, 5) is 10.7. The van der Waals surface area contributed by atoms with Crippen LogP contribution in [0.3, 0.4) is 0 Å². The zero-order valence-electron chi connectivity index (χ0n) is 6.66. The Morgan fingerprint density at radius 1 is 1.29 bits per heavy atom. The molecule has 0 aliphatic carbocycles. The number of rotatable bonds is 2. The number of esters is 1. The Balaban J connectivity index is 4.46. The number of hydrogen-bond donors (Lipinski definition) is 0. The fourth-order valence-corrected chi connectivity index (χ4v) is 0.869. The van der Waals surface area contributed by atoms with E-state index in [1.165, 1.54) is 0 Å². The van der Waals surface area contributed by atoms with Gasteiger partial charge >= 0.3 is 12.3 Å². The van der Waals surface area contributed by atoms with Gasteiger partial charge in [0.05, 0.1) is 0 Å². The summed E-state index contributed by atoms with van der Waals surface area (Å²) in [6.07, 6.45) is -4.09. The standard InChI is InChI=1S/C6H4F3I3O2/c1-3(5(10,11)12)2-4(13)14-6(7,8)9/h2H,1H3/b3-2-. The van der Waals surface area contributed by atoms with Gasteiger partial charge < -0.3 is 4.74 Å². The maximum Gasteiger partial charge on any atom is 0.575 e. The molecule has 0 aliphatic heterocycles. The van der Waals surface area contributed by atoms with Gasteiger partial charge in [-0.2, -0.15) is 0 Å². The molecule has 0 fully saturated rings. The van der Waals surface area contributed by atoms with Gasteiger partial charge in [0.15, 0.2) is 0 Å². The largest absolute Gasteiger partial charge is 0.575 e. The predicted octanol–water partition coefficient (Wildman–Crippen LogP) is 3.95. The molecule has 82 valence electrons. The summed E-state index contributed by atoms with van der Waals surface area (Å²) in [6, 6.07) is 0. The van der Waals surface area contributed by atoms with Crippen LogP contribution in [0.25, 0.3) is 0 Å². The Kier molecular flexibility index (Phi) is 5.97. The van der Waals surface area contributed by atoms with Crippen LogP contribution in [0.4, 0.5) is 13.2 Å². The van der Waals surface area contributed by atoms with Crippen molar-refractivity contribution >= 4 is 73.7 Å². The van der Waals surface area contributed by atoms with Crippen LogP contribution < -0.4 is 0 Å². The highest BCUT2D eigenvalue weighted by atomic mass is 127. The Hall–Kier alpha value is 1.19. The van der Waals surface area contributed by atoms with E-state index in [0.717, 1.165) is 6.08 Å². The summed E-state index contributed by atoms with van der Waals surface area (Å²) < 4.78 is 37.5. The molecule has 0 amide bonds. The maximum absolute atomic E-state index is 11.6. The van der Waals surface area contributed by atoms with E-state index < -0.39 is 11.8 Å². The molecule has 0 spiro atoms. The predicted molar refractivity (Wildman–Crippen MR) is 70.7 cm³/mol. The van der Waals surface area contributed by atoms with E-state index in [0.29, 0.717) is 5.57 Å². The second-order valence-corrected chi connectivity index (χ2v) is 13.2. The van der Waals surface area contributed by atoms with Crippen molar-refractivity contribution in [3.8, 4) is 0 Å². The number of carbonyl (C=O) groups excluding carboxylic acids is 1. The van der Waals surface area contributed by atoms with Crippen LogP contribution in [-0.4, -0.2) is 11.8 Å². The number of hydrogen-bond acceptors (Lipinski definition) is 2. The Bertz CT molecular complexity index is 254. The first kappa shape index (κ1) is 15.2. The first-order valence-corrected chi connectivity index (χ1v) is 6.31. The van der Waals surface area contributed by atoms with E-state index in [4.69, 9.17) is 0 Å². The van der Waals surface area contributed by atoms with Gasteiger partial charge in [-0.3, -0.25) is 0 Å². The SMILES string of the molecule is C/C(=C/C(=O)OC(F)(F)F)C(I)(I)I. The molecule has 0 radical (unpaired) electrons. The molecule has 0 saturated carbocycles. The molecule has 0 N–H and O–H groups in total. The van der Waals surface area contributed by atoms with Crippen LogP contribution in [0, 0.1) is 0 Å². The van der Waals surface area contributed by atoms with E-state index in [2.05, 4.69) is 4.74 Å². The third kappa shape index (κ3) is 7.48. The highest BCUT2D eigenvalue weighted by Gasteiger charge is 2.33. The van der Waals surface area contributed by atoms with Gasteiger partial charge in [-0.05, 0) is 12.5 Å². The Labute approximate surface area is 119 Å². The van der Waals surface area contributed by atoms with Crippen molar-refractivity contribution in [1.82, 2.24) is 0 Å². The lowest BCUT2D eigenvalue weighted by atomic mass is 10.3. The first-order valence-electron chi connectivity index (χ1n) is 3.07. The monoisotopic (exact) mass is 546 g/mol. The van der Waals surface area contributed by atoms with Crippen LogP contribution >= 0.6 is 67.8 Å². The fourth-order valence-electron chi connectivity index (χ4n) is 0.402. The van der Waals surface area contributed by atoms with Crippen LogP contribution in [0.5, 0.6) is 0 Å². The number of alkyl halides is 6. The second-order valence-electron chi connectivity index (χ2n) is 2.19. The molecule has 8 heteroatoms. The lowest BCUT2D eigenvalue weighted by Gasteiger charge is -2.12. The number of ether oxygens (including phenoxy) is 1. The molecule has 0 aromatic carbocycles. The molecule has 0 unspecified atom stereocenters. The molecular formula is C6H4F3I3O2. The van der Waals surface area contributed by atoms with E-state index in [1.54, 1.807) is 6.92 Å². The molecule has 0 rings (SSSR count). The maximum atomic E-state index is 11.6. The Morgan fingerprint density at radius 2 is 1.71 bits per heavy atom. The summed E-state index contributed by atoms with van der Waals surface area (Å²) in [5.74, 6) is -1.40. The minimum Gasteiger partial charge on any atom is -0.370 e. The summed E-state index contributed by atoms with van der Waals surface area (Å²) in [5.41, 5.74) is 0.494. The van der Waals surface area contributed by atoms with E-state index >= 15 is 0 Å². The zero-order chi connectivity index (χ0) is 11.6. The average Bonchev–Trinajstić information content (AvgIpc) is 1.79. The molecule has 0 heterocycles. The van der Waals surface area contributed by atoms with Crippen molar-refractivity contribution in [2.45, 2.75) is 12.7 Å². The summed E-state index contributed by atoms with van der Waals surface area (Å²) in [6.45, 7) is 1.56. The van der Waals surface area contributed by atoms with Gasteiger partial charge in [0.1, 0.15) is -0.565 Å². The lowest BCUT2D eigenvalue weighted by molar-refractivity contribution is -0.303. The van der Waals surface area contributed by atoms with E-state index in [1.807, 2.05) is 67.8 Å². The molecule has 0 aromatic heterocycles. The molecule has 0 aromatic rings. The van der Waals surface area contributed by atoms with Crippen molar-refractivity contribution in [2.75, 3.05) is 0 Å². The zero-order valence-corrected chi connectivity index (χ0v) is 13.1. The molecular weight excluding hydrogens is 542 g/mol. The normalized spacial score (nSPS) is 14.1. The molecule has 14 heavy (non-hydrogen) atoms. The molecule has 0 saturated heterocycles. The van der Waals surface area contributed by atoms with Gasteiger partial charge in [-0.1, -0.05) is 67.8 Å². The van der Waals surface area contributed by atoms with Crippen LogP contribution in [0.15, 0.2) is 11.6 Å². The third-order valence-electron chi connectivity index (χ3n) is 0.998. The van der Waals surface area contributed by atoms with Crippen molar-refractivity contribution < 1.29 is 22.7 Å². The lowest BCUT2D eigenvalue weighted by Crippen LogP contribution is -2.18. The van der Waals surface area contributed by atoms with Crippen molar-refractivity contribution in [2.24, 2.45) is 0 Å². The second kappa shape index (κ2) is 5.50. The molecule has 0 atom stereocenters. The van der Waals surface area contributed by atoms with Crippen molar-refractivity contribution in [3.63, 3.8) is 0 Å². The summed E-state index contributed by atoms with van der Waals surface area (Å²) >= 11 is 5.97. The fraction of sp³-hybridized carbons (Fsp3) is 0.500. The van der Waals surface area contributed by atoms with Gasteiger partial charge in [-0.15, -0.1) is 13.2 Å². The highest BCUT2D eigenvalue weighted by Crippen LogP contribution is 2.42. The van der Waals surface area contributed by atoms with E-state index in [9.17, 15) is 18.0 Å². The van der Waals surface area contributed by atoms with Crippen molar-refractivity contribution in [3.05, 3.63) is 11.6 Å². The number of halogens is 6. The highest BCUT2D eigenvalue weighted by molar-refractivity contribution is 14.3. The van der Waals surface area contributed by atoms with Gasteiger partial charge in [0.25, 0.3) is 0 Å². The average molecular weight is 546 g/mol. The quantitative estimate of drug-likeness (QED) is 0.227. The Morgan fingerprint density at radius 3 is 2.00 bits per heavy atom. The summed E-state index contributed by atoms with van der Waals surface area (Å²) in [5, 5.41) is 0. The van der Waals surface area contributed by atoms with Crippen LogP contribution in [0.1, 0.15) is 6.92 Å². The van der Waals surface area contributed by atoms with E-state index in [-0.39, 0.29) is 0 Å². The van der Waals surface area contributed by atoms with Gasteiger partial charge in [0.2, 0.25) is 0 Å².